The van der Waals surface area contributed by atoms with E-state index in [2.05, 4.69) is 30.9 Å². The van der Waals surface area contributed by atoms with Crippen molar-refractivity contribution in [1.82, 2.24) is 14.9 Å². The standard InChI is InChI=1S/C11H8BrN5O/c12-7-2-1-6-3-4-17(8(6)5-7)11(14)9-10(13)16-18-15-9/h1-5,14H,(H2,13,16). The van der Waals surface area contributed by atoms with Gasteiger partial charge in [-0.15, -0.1) is 0 Å². The van der Waals surface area contributed by atoms with Gasteiger partial charge in [0.25, 0.3) is 0 Å². The molecule has 0 saturated heterocycles. The van der Waals surface area contributed by atoms with Crippen LogP contribution in [-0.4, -0.2) is 20.7 Å². The van der Waals surface area contributed by atoms with Crippen LogP contribution in [-0.2, 0) is 0 Å². The van der Waals surface area contributed by atoms with Gasteiger partial charge in [0.1, 0.15) is 0 Å². The molecule has 0 spiro atoms. The number of anilines is 1. The van der Waals surface area contributed by atoms with Crippen LogP contribution in [0.2, 0.25) is 0 Å². The fourth-order valence-electron chi connectivity index (χ4n) is 1.77. The van der Waals surface area contributed by atoms with Crippen molar-refractivity contribution in [2.24, 2.45) is 0 Å². The number of nitrogens with two attached hydrogens (primary N) is 1. The van der Waals surface area contributed by atoms with E-state index in [1.54, 1.807) is 10.8 Å². The van der Waals surface area contributed by atoms with Crippen LogP contribution in [0.1, 0.15) is 5.69 Å². The molecular formula is C11H8BrN5O. The summed E-state index contributed by atoms with van der Waals surface area (Å²) in [6, 6.07) is 7.75. The molecule has 3 rings (SSSR count). The lowest BCUT2D eigenvalue weighted by atomic mass is 10.2. The zero-order valence-electron chi connectivity index (χ0n) is 9.09. The Labute approximate surface area is 110 Å². The molecule has 18 heavy (non-hydrogen) atoms. The van der Waals surface area contributed by atoms with Crippen molar-refractivity contribution in [1.29, 1.82) is 5.41 Å². The Hall–Kier alpha value is -2.15. The number of hydrogen-bond donors (Lipinski definition) is 2. The summed E-state index contributed by atoms with van der Waals surface area (Å²) in [5, 5.41) is 16.2. The van der Waals surface area contributed by atoms with Gasteiger partial charge in [-0.3, -0.25) is 9.98 Å². The van der Waals surface area contributed by atoms with E-state index < -0.39 is 0 Å². The summed E-state index contributed by atoms with van der Waals surface area (Å²) in [7, 11) is 0. The number of halogens is 1. The van der Waals surface area contributed by atoms with Crippen LogP contribution in [0.5, 0.6) is 0 Å². The van der Waals surface area contributed by atoms with Gasteiger partial charge in [0.15, 0.2) is 17.3 Å². The highest BCUT2D eigenvalue weighted by molar-refractivity contribution is 9.10. The number of nitrogens with one attached hydrogen (secondary N) is 1. The normalized spacial score (nSPS) is 10.9. The third-order valence-electron chi connectivity index (χ3n) is 2.63. The number of fused-ring (bicyclic) bond motifs is 1. The van der Waals surface area contributed by atoms with Gasteiger partial charge < -0.3 is 5.73 Å². The Balaban J connectivity index is 2.18. The van der Waals surface area contributed by atoms with E-state index in [-0.39, 0.29) is 17.3 Å². The van der Waals surface area contributed by atoms with Crippen LogP contribution in [0.25, 0.3) is 10.9 Å². The second-order valence-electron chi connectivity index (χ2n) is 3.74. The van der Waals surface area contributed by atoms with E-state index in [1.807, 2.05) is 24.3 Å². The Morgan fingerprint density at radius 3 is 2.89 bits per heavy atom. The Morgan fingerprint density at radius 1 is 1.33 bits per heavy atom. The van der Waals surface area contributed by atoms with Gasteiger partial charge in [0.2, 0.25) is 0 Å². The largest absolute Gasteiger partial charge is 0.379 e. The molecule has 0 atom stereocenters. The first-order valence-electron chi connectivity index (χ1n) is 5.11. The molecular weight excluding hydrogens is 298 g/mol. The quantitative estimate of drug-likeness (QED) is 0.532. The predicted molar refractivity (Wildman–Crippen MR) is 70.6 cm³/mol. The fourth-order valence-corrected chi connectivity index (χ4v) is 2.12. The topological polar surface area (TPSA) is 93.7 Å². The highest BCUT2D eigenvalue weighted by Gasteiger charge is 2.15. The maximum atomic E-state index is 8.10. The van der Waals surface area contributed by atoms with Crippen molar-refractivity contribution in [3.05, 3.63) is 40.6 Å². The fraction of sp³-hybridized carbons (Fsp3) is 0. The Kier molecular flexibility index (Phi) is 2.41. The van der Waals surface area contributed by atoms with Crippen LogP contribution >= 0.6 is 15.9 Å². The molecule has 2 heterocycles. The van der Waals surface area contributed by atoms with Crippen molar-refractivity contribution < 1.29 is 4.63 Å². The van der Waals surface area contributed by atoms with Gasteiger partial charge in [0.05, 0.1) is 5.52 Å². The summed E-state index contributed by atoms with van der Waals surface area (Å²) < 4.78 is 7.13. The van der Waals surface area contributed by atoms with Crippen molar-refractivity contribution >= 4 is 38.5 Å². The lowest BCUT2D eigenvalue weighted by molar-refractivity contribution is 0.308. The smallest absolute Gasteiger partial charge is 0.199 e. The first-order chi connectivity index (χ1) is 8.66. The highest BCUT2D eigenvalue weighted by Crippen LogP contribution is 2.22. The number of nitrogens with zero attached hydrogens (tertiary/aromatic N) is 3. The van der Waals surface area contributed by atoms with Crippen molar-refractivity contribution in [2.75, 3.05) is 5.73 Å². The van der Waals surface area contributed by atoms with E-state index >= 15 is 0 Å². The molecule has 7 heteroatoms. The molecule has 3 aromatic rings. The van der Waals surface area contributed by atoms with Gasteiger partial charge in [-0.25, -0.2) is 4.63 Å². The third-order valence-corrected chi connectivity index (χ3v) is 3.13. The molecule has 90 valence electrons. The molecule has 0 amide bonds. The van der Waals surface area contributed by atoms with E-state index in [0.29, 0.717) is 0 Å². The van der Waals surface area contributed by atoms with Gasteiger partial charge in [-0.1, -0.05) is 22.0 Å². The molecule has 2 aromatic heterocycles. The number of rotatable bonds is 1. The SMILES string of the molecule is N=C(c1nonc1N)n1ccc2ccc(Br)cc21. The summed E-state index contributed by atoms with van der Waals surface area (Å²) in [5.41, 5.74) is 6.71. The first-order valence-corrected chi connectivity index (χ1v) is 5.90. The molecule has 0 radical (unpaired) electrons. The zero-order chi connectivity index (χ0) is 12.7. The van der Waals surface area contributed by atoms with E-state index in [1.165, 1.54) is 0 Å². The van der Waals surface area contributed by atoms with Crippen LogP contribution in [0.4, 0.5) is 5.82 Å². The molecule has 1 aromatic carbocycles. The van der Waals surface area contributed by atoms with E-state index in [4.69, 9.17) is 11.1 Å². The second kappa shape index (κ2) is 3.95. The lowest BCUT2D eigenvalue weighted by Gasteiger charge is -2.04. The Bertz CT molecular complexity index is 745. The van der Waals surface area contributed by atoms with Crippen molar-refractivity contribution in [2.45, 2.75) is 0 Å². The lowest BCUT2D eigenvalue weighted by Crippen LogP contribution is -2.13. The third kappa shape index (κ3) is 1.60. The molecule has 3 N–H and O–H groups in total. The van der Waals surface area contributed by atoms with Crippen molar-refractivity contribution in [3.63, 3.8) is 0 Å². The van der Waals surface area contributed by atoms with Crippen LogP contribution in [0.3, 0.4) is 0 Å². The Morgan fingerprint density at radius 2 is 2.17 bits per heavy atom. The maximum absolute atomic E-state index is 8.10. The van der Waals surface area contributed by atoms with Gasteiger partial charge in [-0.05, 0) is 28.5 Å². The summed E-state index contributed by atoms with van der Waals surface area (Å²) in [4.78, 5) is 0. The van der Waals surface area contributed by atoms with E-state index in [0.717, 1.165) is 15.4 Å². The monoisotopic (exact) mass is 305 g/mol. The summed E-state index contributed by atoms with van der Waals surface area (Å²) in [5.74, 6) is 0.235. The molecule has 0 bridgehead atoms. The molecule has 0 fully saturated rings. The number of aromatic nitrogens is 3. The molecule has 0 unspecified atom stereocenters. The summed E-state index contributed by atoms with van der Waals surface area (Å²) in [6.45, 7) is 0. The highest BCUT2D eigenvalue weighted by atomic mass is 79.9. The minimum absolute atomic E-state index is 0.108. The van der Waals surface area contributed by atoms with E-state index in [9.17, 15) is 0 Å². The average molecular weight is 306 g/mol. The zero-order valence-corrected chi connectivity index (χ0v) is 10.7. The molecule has 6 nitrogen and oxygen atoms in total. The first kappa shape index (κ1) is 11.0. The predicted octanol–water partition coefficient (Wildman–Crippen LogP) is 2.24. The van der Waals surface area contributed by atoms with Gasteiger partial charge in [0, 0.05) is 16.1 Å². The average Bonchev–Trinajstić information content (AvgIpc) is 2.94. The number of nitrogen functional groups attached to an aromatic ring is 1. The van der Waals surface area contributed by atoms with Crippen molar-refractivity contribution in [3.8, 4) is 0 Å². The summed E-state index contributed by atoms with van der Waals surface area (Å²) in [6.07, 6.45) is 1.79. The van der Waals surface area contributed by atoms with Crippen LogP contribution in [0, 0.1) is 5.41 Å². The molecule has 0 aliphatic carbocycles. The van der Waals surface area contributed by atoms with Crippen LogP contribution in [0.15, 0.2) is 39.6 Å². The molecule has 0 aliphatic heterocycles. The van der Waals surface area contributed by atoms with Crippen LogP contribution < -0.4 is 5.73 Å². The second-order valence-corrected chi connectivity index (χ2v) is 4.65. The summed E-state index contributed by atoms with van der Waals surface area (Å²) >= 11 is 3.41. The minimum Gasteiger partial charge on any atom is -0.379 e. The number of benzene rings is 1. The maximum Gasteiger partial charge on any atom is 0.199 e. The molecule has 0 saturated carbocycles. The number of hydrogen-bond acceptors (Lipinski definition) is 5. The minimum atomic E-state index is 0.108. The van der Waals surface area contributed by atoms with Gasteiger partial charge >= 0.3 is 0 Å². The van der Waals surface area contributed by atoms with Gasteiger partial charge in [-0.2, -0.15) is 0 Å². The molecule has 0 aliphatic rings.